The Labute approximate surface area is 328 Å². The third-order valence-electron chi connectivity index (χ3n) is 8.44. The molecule has 0 unspecified atom stereocenters. The highest BCUT2D eigenvalue weighted by molar-refractivity contribution is 6.31. The van der Waals surface area contributed by atoms with E-state index in [1.165, 1.54) is 0 Å². The average Bonchev–Trinajstić information content (AvgIpc) is 3.42. The molecule has 0 saturated carbocycles. The van der Waals surface area contributed by atoms with Gasteiger partial charge in [-0.25, -0.2) is 28.7 Å². The molecule has 2 aromatic heterocycles. The number of benzene rings is 1. The first-order valence-corrected chi connectivity index (χ1v) is 18.7. The van der Waals surface area contributed by atoms with Gasteiger partial charge in [0, 0.05) is 38.3 Å². The predicted molar refractivity (Wildman–Crippen MR) is 202 cm³/mol. The van der Waals surface area contributed by atoms with E-state index >= 15 is 0 Å². The van der Waals surface area contributed by atoms with Crippen molar-refractivity contribution in [3.63, 3.8) is 0 Å². The quantitative estimate of drug-likeness (QED) is 0.128. The molecule has 5 N–H and O–H groups in total. The minimum Gasteiger partial charge on any atom is -0.493 e. The normalized spacial score (nSPS) is 13.2. The zero-order valence-corrected chi connectivity index (χ0v) is 33.6. The molecule has 0 aliphatic carbocycles. The summed E-state index contributed by atoms with van der Waals surface area (Å²) in [6.45, 7) is 15.1. The van der Waals surface area contributed by atoms with Crippen LogP contribution in [0, 0.1) is 0 Å². The summed E-state index contributed by atoms with van der Waals surface area (Å²) in [6.07, 6.45) is -1.49. The molecule has 56 heavy (non-hydrogen) atoms. The van der Waals surface area contributed by atoms with E-state index in [9.17, 15) is 32.3 Å². The van der Waals surface area contributed by atoms with E-state index in [0.29, 0.717) is 64.3 Å². The predicted octanol–water partition coefficient (Wildman–Crippen LogP) is 4.88. The summed E-state index contributed by atoms with van der Waals surface area (Å²) in [5.41, 5.74) is 13.1. The number of imidazole rings is 1. The minimum atomic E-state index is -4.85. The zero-order chi connectivity index (χ0) is 42.0. The van der Waals surface area contributed by atoms with Crippen molar-refractivity contribution < 1.29 is 51.1 Å². The highest BCUT2D eigenvalue weighted by Gasteiger charge is 2.40. The molecule has 0 radical (unpaired) electrons. The summed E-state index contributed by atoms with van der Waals surface area (Å²) < 4.78 is 52.3. The van der Waals surface area contributed by atoms with Gasteiger partial charge in [-0.15, -0.1) is 0 Å². The number of esters is 1. The molecule has 0 atom stereocenters. The number of aryl methyl sites for hydroxylation is 2. The number of aromatic nitrogens is 4. The monoisotopic (exact) mass is 814 g/mol. The molecular weight excluding hydrogens is 763 g/mol. The molecule has 1 saturated heterocycles. The summed E-state index contributed by atoms with van der Waals surface area (Å²) in [6, 6.07) is 3.82. The Bertz CT molecular complexity index is 1880. The number of hydrogen-bond donors (Lipinski definition) is 3. The number of carbonyl (C=O) groups is 4. The van der Waals surface area contributed by atoms with E-state index in [2.05, 4.69) is 43.0 Å². The van der Waals surface area contributed by atoms with Crippen molar-refractivity contribution in [2.45, 2.75) is 98.6 Å². The van der Waals surface area contributed by atoms with Gasteiger partial charge in [0.05, 0.1) is 32.4 Å². The molecule has 1 aliphatic rings. The molecule has 3 amide bonds. The largest absolute Gasteiger partial charge is 0.493 e. The lowest BCUT2D eigenvalue weighted by Gasteiger charge is -2.35. The number of carbonyl (C=O) groups excluding carboxylic acids is 4. The summed E-state index contributed by atoms with van der Waals surface area (Å²) in [7, 11) is 0.676. The molecular formula is C36H52ClF3N9O7+. The number of nitrogens with two attached hydrogens (primary N) is 2. The number of nitrogens with one attached hydrogen (secondary N) is 1. The first-order chi connectivity index (χ1) is 26.3. The van der Waals surface area contributed by atoms with E-state index in [-0.39, 0.29) is 41.0 Å². The Kier molecular flexibility index (Phi) is 15.9. The molecule has 0 spiro atoms. The fourth-order valence-corrected chi connectivity index (χ4v) is 5.93. The van der Waals surface area contributed by atoms with Gasteiger partial charge in [-0.05, 0) is 40.5 Å². The van der Waals surface area contributed by atoms with Crippen LogP contribution in [0.15, 0.2) is 12.1 Å². The topological polar surface area (TPSA) is 201 Å². The van der Waals surface area contributed by atoms with Crippen LogP contribution in [-0.4, -0.2) is 99.9 Å². The molecule has 310 valence electrons. The number of halogens is 4. The Balaban J connectivity index is 0.000000946. The van der Waals surface area contributed by atoms with Crippen LogP contribution in [0.1, 0.15) is 93.9 Å². The lowest BCUT2D eigenvalue weighted by molar-refractivity contribution is -0.680. The standard InChI is InChI=1S/C33H48ClN9O5.C3H3F3O2/c1-7-10-11-17-47-24-19-23-22(18-21(24)31(45)40-13-15-41(16-14-40)32(46)48-33(4,5)6)42(9-3)25(43(23)12-8-2)20-37-30(44)26-28(35)39-29(36)27(34)38-26;1-8-2(7)3(4,5)6/h18-19H,7-17,20H2,1-6H3,(H4-,35,36,37,39,44);1H3/p+1. The van der Waals surface area contributed by atoms with Gasteiger partial charge in [-0.3, -0.25) is 9.59 Å². The van der Waals surface area contributed by atoms with E-state index in [1.807, 2.05) is 39.8 Å². The second-order valence-electron chi connectivity index (χ2n) is 13.8. The van der Waals surface area contributed by atoms with Gasteiger partial charge in [0.15, 0.2) is 33.5 Å². The third kappa shape index (κ3) is 11.7. The van der Waals surface area contributed by atoms with Crippen molar-refractivity contribution in [3.8, 4) is 5.75 Å². The van der Waals surface area contributed by atoms with Crippen molar-refractivity contribution in [3.05, 3.63) is 34.4 Å². The SMILES string of the molecule is CCCCCOc1cc2c(cc1C(=O)N1CCN(C(=O)OC(C)(C)C)CC1)n(CC)c(CNC(=O)c1nc(Cl)c(N)nc1N)[n+]2CCC.COC(=O)C(F)(F)F. The lowest BCUT2D eigenvalue weighted by Crippen LogP contribution is -2.51. The van der Waals surface area contributed by atoms with Gasteiger partial charge in [0.25, 0.3) is 17.6 Å². The van der Waals surface area contributed by atoms with Crippen molar-refractivity contribution in [2.75, 3.05) is 51.4 Å². The molecule has 1 aliphatic heterocycles. The Morgan fingerprint density at radius 3 is 2.12 bits per heavy atom. The number of nitrogens with zero attached hydrogens (tertiary/aromatic N) is 6. The number of alkyl halides is 3. The Morgan fingerprint density at radius 2 is 1.59 bits per heavy atom. The highest BCUT2D eigenvalue weighted by Crippen LogP contribution is 2.29. The van der Waals surface area contributed by atoms with Crippen molar-refractivity contribution in [1.82, 2.24) is 29.7 Å². The van der Waals surface area contributed by atoms with Crippen LogP contribution in [0.3, 0.4) is 0 Å². The van der Waals surface area contributed by atoms with Crippen LogP contribution in [-0.2, 0) is 33.9 Å². The number of nitrogen functional groups attached to an aromatic ring is 2. The highest BCUT2D eigenvalue weighted by atomic mass is 35.5. The molecule has 1 fully saturated rings. The average molecular weight is 815 g/mol. The number of ether oxygens (including phenoxy) is 3. The first-order valence-electron chi connectivity index (χ1n) is 18.3. The van der Waals surface area contributed by atoms with Crippen molar-refractivity contribution in [2.24, 2.45) is 0 Å². The molecule has 1 aromatic carbocycles. The molecule has 0 bridgehead atoms. The van der Waals surface area contributed by atoms with Crippen LogP contribution in [0.5, 0.6) is 5.75 Å². The second-order valence-corrected chi connectivity index (χ2v) is 14.1. The van der Waals surface area contributed by atoms with Crippen molar-refractivity contribution in [1.29, 1.82) is 0 Å². The number of fused-ring (bicyclic) bond motifs is 1. The van der Waals surface area contributed by atoms with E-state index in [0.717, 1.165) is 42.5 Å². The first kappa shape index (κ1) is 45.3. The smallest absolute Gasteiger partial charge is 0.490 e. The van der Waals surface area contributed by atoms with Crippen LogP contribution in [0.4, 0.5) is 29.6 Å². The number of piperazine rings is 1. The van der Waals surface area contributed by atoms with Gasteiger partial charge in [0.1, 0.15) is 17.9 Å². The van der Waals surface area contributed by atoms with Gasteiger partial charge in [-0.2, -0.15) is 13.2 Å². The zero-order valence-electron chi connectivity index (χ0n) is 32.8. The number of unbranched alkanes of at least 4 members (excludes halogenated alkanes) is 2. The Hall–Kier alpha value is -5.07. The maximum Gasteiger partial charge on any atom is 0.490 e. The van der Waals surface area contributed by atoms with Gasteiger partial charge >= 0.3 is 18.2 Å². The maximum absolute atomic E-state index is 14.1. The summed E-state index contributed by atoms with van der Waals surface area (Å²) in [4.78, 5) is 60.7. The van der Waals surface area contributed by atoms with Gasteiger partial charge in [0.2, 0.25) is 0 Å². The van der Waals surface area contributed by atoms with Crippen LogP contribution >= 0.6 is 11.6 Å². The molecule has 3 aromatic rings. The summed E-state index contributed by atoms with van der Waals surface area (Å²) in [5, 5.41) is 2.80. The summed E-state index contributed by atoms with van der Waals surface area (Å²) >= 11 is 6.02. The molecule has 3 heterocycles. The minimum absolute atomic E-state index is 0.0550. The number of anilines is 2. The van der Waals surface area contributed by atoms with Gasteiger partial charge in [-0.1, -0.05) is 38.3 Å². The van der Waals surface area contributed by atoms with E-state index < -0.39 is 23.7 Å². The number of hydrogen-bond acceptors (Lipinski definition) is 11. The second kappa shape index (κ2) is 19.7. The van der Waals surface area contributed by atoms with Crippen LogP contribution in [0.25, 0.3) is 11.0 Å². The fourth-order valence-electron chi connectivity index (χ4n) is 5.81. The third-order valence-corrected chi connectivity index (χ3v) is 8.72. The summed E-state index contributed by atoms with van der Waals surface area (Å²) in [5.74, 6) is -1.72. The van der Waals surface area contributed by atoms with Crippen LogP contribution in [0.2, 0.25) is 5.15 Å². The maximum atomic E-state index is 14.1. The van der Waals surface area contributed by atoms with E-state index in [4.69, 9.17) is 32.5 Å². The molecule has 4 rings (SSSR count). The number of methoxy groups -OCH3 is 1. The number of amides is 3. The lowest BCUT2D eigenvalue weighted by atomic mass is 10.1. The fraction of sp³-hybridized carbons (Fsp3) is 0.583. The number of rotatable bonds is 12. The molecule has 20 heteroatoms. The van der Waals surface area contributed by atoms with Crippen LogP contribution < -0.4 is 26.1 Å². The molecule has 16 nitrogen and oxygen atoms in total. The van der Waals surface area contributed by atoms with Gasteiger partial charge < -0.3 is 40.8 Å². The Morgan fingerprint density at radius 1 is 0.946 bits per heavy atom. The van der Waals surface area contributed by atoms with E-state index in [1.54, 1.807) is 9.80 Å². The van der Waals surface area contributed by atoms with Crippen molar-refractivity contribution >= 4 is 58.1 Å².